The molecule has 1 saturated carbocycles. The summed E-state index contributed by atoms with van der Waals surface area (Å²) in [7, 11) is 0. The van der Waals surface area contributed by atoms with E-state index in [-0.39, 0.29) is 11.8 Å². The molecule has 0 N–H and O–H groups in total. The number of allylic oxidation sites excluding steroid dienone is 4. The van der Waals surface area contributed by atoms with Gasteiger partial charge >= 0.3 is 0 Å². The van der Waals surface area contributed by atoms with Gasteiger partial charge in [-0.25, -0.2) is 0 Å². The van der Waals surface area contributed by atoms with Crippen molar-refractivity contribution in [2.24, 2.45) is 23.7 Å². The largest absolute Gasteiger partial charge is 0.198 e. The van der Waals surface area contributed by atoms with Crippen LogP contribution in [0.4, 0.5) is 0 Å². The van der Waals surface area contributed by atoms with Crippen molar-refractivity contribution in [2.75, 3.05) is 0 Å². The first-order valence-electron chi connectivity index (χ1n) is 5.70. The SMILES string of the molecule is N#C/C=C/C#N.N#CC1C2C=CC(CC2)C1C#N. The molecule has 0 heterocycles. The van der Waals surface area contributed by atoms with Crippen molar-refractivity contribution in [1.82, 2.24) is 0 Å². The third-order valence-corrected chi connectivity index (χ3v) is 3.28. The summed E-state index contributed by atoms with van der Waals surface area (Å²) in [5.74, 6) is 0.617. The van der Waals surface area contributed by atoms with Crippen molar-refractivity contribution < 1.29 is 0 Å². The van der Waals surface area contributed by atoms with E-state index < -0.39 is 0 Å². The van der Waals surface area contributed by atoms with Crippen molar-refractivity contribution in [2.45, 2.75) is 12.8 Å². The zero-order valence-electron chi connectivity index (χ0n) is 9.82. The maximum Gasteiger partial charge on any atom is 0.0919 e. The summed E-state index contributed by atoms with van der Waals surface area (Å²) in [6.07, 6.45) is 8.68. The monoisotopic (exact) mass is 236 g/mol. The summed E-state index contributed by atoms with van der Waals surface area (Å²) in [5, 5.41) is 33.2. The molecule has 0 radical (unpaired) electrons. The Labute approximate surface area is 107 Å². The molecule has 3 aliphatic rings. The Morgan fingerprint density at radius 1 is 0.778 bits per heavy atom. The van der Waals surface area contributed by atoms with Gasteiger partial charge in [0.2, 0.25) is 0 Å². The van der Waals surface area contributed by atoms with Gasteiger partial charge in [-0.1, -0.05) is 12.2 Å². The van der Waals surface area contributed by atoms with Crippen LogP contribution >= 0.6 is 0 Å². The van der Waals surface area contributed by atoms with E-state index in [1.807, 2.05) is 0 Å². The smallest absolute Gasteiger partial charge is 0.0919 e. The Balaban J connectivity index is 0.000000232. The van der Waals surface area contributed by atoms with E-state index in [1.165, 1.54) is 0 Å². The molecule has 4 atom stereocenters. The fourth-order valence-corrected chi connectivity index (χ4v) is 2.42. The second kappa shape index (κ2) is 6.90. The first kappa shape index (κ1) is 13.5. The lowest BCUT2D eigenvalue weighted by Gasteiger charge is -2.38. The number of hydrogen-bond acceptors (Lipinski definition) is 4. The van der Waals surface area contributed by atoms with Crippen molar-refractivity contribution in [3.05, 3.63) is 24.3 Å². The van der Waals surface area contributed by atoms with E-state index >= 15 is 0 Å². The Kier molecular flexibility index (Phi) is 5.18. The summed E-state index contributed by atoms with van der Waals surface area (Å²) in [4.78, 5) is 0. The van der Waals surface area contributed by atoms with Gasteiger partial charge in [-0.05, 0) is 24.7 Å². The third-order valence-electron chi connectivity index (χ3n) is 3.28. The van der Waals surface area contributed by atoms with E-state index in [9.17, 15) is 0 Å². The number of hydrogen-bond donors (Lipinski definition) is 0. The fraction of sp³-hybridized carbons (Fsp3) is 0.429. The summed E-state index contributed by atoms with van der Waals surface area (Å²) in [6.45, 7) is 0. The maximum absolute atomic E-state index is 8.88. The van der Waals surface area contributed by atoms with Gasteiger partial charge in [0.05, 0.1) is 36.1 Å². The van der Waals surface area contributed by atoms with Crippen LogP contribution in [0.15, 0.2) is 24.3 Å². The first-order valence-corrected chi connectivity index (χ1v) is 5.70. The standard InChI is InChI=1S/C10H10N2.C4H2N2/c11-5-9-7-1-2-8(4-3-7)10(9)6-12;5-3-1-2-4-6/h1-2,7-10H,3-4H2;1-2H/b;2-1+. The van der Waals surface area contributed by atoms with Crippen LogP contribution in [0.5, 0.6) is 0 Å². The molecule has 0 amide bonds. The van der Waals surface area contributed by atoms with E-state index in [2.05, 4.69) is 24.3 Å². The molecule has 0 saturated heterocycles. The van der Waals surface area contributed by atoms with E-state index in [0.29, 0.717) is 11.8 Å². The van der Waals surface area contributed by atoms with Gasteiger partial charge in [-0.3, -0.25) is 0 Å². The van der Waals surface area contributed by atoms with Crippen LogP contribution in [0.25, 0.3) is 0 Å². The lowest BCUT2D eigenvalue weighted by atomic mass is 9.63. The maximum atomic E-state index is 8.88. The molecular weight excluding hydrogens is 224 g/mol. The van der Waals surface area contributed by atoms with Crippen LogP contribution in [-0.4, -0.2) is 0 Å². The zero-order chi connectivity index (χ0) is 13.4. The molecule has 2 bridgehead atoms. The van der Waals surface area contributed by atoms with Gasteiger partial charge in [0, 0.05) is 12.2 Å². The van der Waals surface area contributed by atoms with Gasteiger partial charge < -0.3 is 0 Å². The Hall–Kier alpha value is -2.56. The van der Waals surface area contributed by atoms with Crippen LogP contribution in [0.2, 0.25) is 0 Å². The Bertz CT molecular complexity index is 458. The van der Waals surface area contributed by atoms with Crippen molar-refractivity contribution in [1.29, 1.82) is 21.0 Å². The fourth-order valence-electron chi connectivity index (χ4n) is 2.42. The summed E-state index contributed by atoms with van der Waals surface area (Å²) in [5.41, 5.74) is 0. The number of nitriles is 4. The predicted molar refractivity (Wildman–Crippen MR) is 63.9 cm³/mol. The van der Waals surface area contributed by atoms with Crippen LogP contribution in [0, 0.1) is 69.0 Å². The van der Waals surface area contributed by atoms with Gasteiger partial charge in [0.1, 0.15) is 0 Å². The molecule has 88 valence electrons. The van der Waals surface area contributed by atoms with Crippen LogP contribution in [-0.2, 0) is 0 Å². The van der Waals surface area contributed by atoms with Crippen LogP contribution in [0.1, 0.15) is 12.8 Å². The molecule has 0 aromatic heterocycles. The van der Waals surface area contributed by atoms with Crippen LogP contribution in [0.3, 0.4) is 0 Å². The minimum absolute atomic E-state index is 0.0428. The topological polar surface area (TPSA) is 95.2 Å². The highest BCUT2D eigenvalue weighted by atomic mass is 14.5. The van der Waals surface area contributed by atoms with Gasteiger partial charge in [-0.2, -0.15) is 21.0 Å². The predicted octanol–water partition coefficient (Wildman–Crippen LogP) is 2.45. The molecule has 1 fully saturated rings. The second-order valence-electron chi connectivity index (χ2n) is 4.19. The average molecular weight is 236 g/mol. The van der Waals surface area contributed by atoms with Gasteiger partial charge in [0.15, 0.2) is 0 Å². The summed E-state index contributed by atoms with van der Waals surface area (Å²) < 4.78 is 0. The van der Waals surface area contributed by atoms with Crippen molar-refractivity contribution >= 4 is 0 Å². The first-order chi connectivity index (χ1) is 8.78. The molecule has 3 rings (SSSR count). The molecule has 0 spiro atoms. The highest BCUT2D eigenvalue weighted by Gasteiger charge is 2.40. The molecule has 4 heteroatoms. The third kappa shape index (κ3) is 2.98. The molecule has 4 unspecified atom stereocenters. The quantitative estimate of drug-likeness (QED) is 0.476. The Morgan fingerprint density at radius 2 is 1.17 bits per heavy atom. The Morgan fingerprint density at radius 3 is 1.39 bits per heavy atom. The minimum atomic E-state index is -0.0428. The molecular formula is C14H12N4. The number of nitrogens with zero attached hydrogens (tertiary/aromatic N) is 4. The molecule has 4 nitrogen and oxygen atoms in total. The minimum Gasteiger partial charge on any atom is -0.198 e. The molecule has 0 aliphatic heterocycles. The van der Waals surface area contributed by atoms with Crippen molar-refractivity contribution in [3.8, 4) is 24.3 Å². The highest BCUT2D eigenvalue weighted by Crippen LogP contribution is 2.43. The summed E-state index contributed by atoms with van der Waals surface area (Å²) in [6, 6.07) is 7.86. The molecule has 0 aromatic rings. The van der Waals surface area contributed by atoms with Gasteiger partial charge in [0.25, 0.3) is 0 Å². The lowest BCUT2D eigenvalue weighted by Crippen LogP contribution is -2.35. The number of fused-ring (bicyclic) bond motifs is 2. The van der Waals surface area contributed by atoms with Crippen LogP contribution < -0.4 is 0 Å². The summed E-state index contributed by atoms with van der Waals surface area (Å²) >= 11 is 0. The highest BCUT2D eigenvalue weighted by molar-refractivity contribution is 5.19. The molecule has 18 heavy (non-hydrogen) atoms. The lowest BCUT2D eigenvalue weighted by molar-refractivity contribution is 0.209. The molecule has 3 aliphatic carbocycles. The van der Waals surface area contributed by atoms with E-state index in [0.717, 1.165) is 25.0 Å². The second-order valence-corrected chi connectivity index (χ2v) is 4.19. The zero-order valence-corrected chi connectivity index (χ0v) is 9.82. The van der Waals surface area contributed by atoms with Crippen molar-refractivity contribution in [3.63, 3.8) is 0 Å². The van der Waals surface area contributed by atoms with E-state index in [1.54, 1.807) is 12.1 Å². The van der Waals surface area contributed by atoms with E-state index in [4.69, 9.17) is 21.0 Å². The normalized spacial score (nSPS) is 31.3. The molecule has 0 aromatic carbocycles. The van der Waals surface area contributed by atoms with Gasteiger partial charge in [-0.15, -0.1) is 0 Å². The average Bonchev–Trinajstić information content (AvgIpc) is 2.45. The number of rotatable bonds is 0.